The van der Waals surface area contributed by atoms with Gasteiger partial charge in [-0.3, -0.25) is 4.79 Å². The zero-order chi connectivity index (χ0) is 19.8. The van der Waals surface area contributed by atoms with E-state index >= 15 is 0 Å². The third-order valence-corrected chi connectivity index (χ3v) is 5.48. The third-order valence-electron chi connectivity index (χ3n) is 5.48. The first-order valence-electron chi connectivity index (χ1n) is 9.00. The maximum Gasteiger partial charge on any atom is 0.249 e. The Morgan fingerprint density at radius 1 is 1.52 bits per heavy atom. The lowest BCUT2D eigenvalue weighted by Crippen LogP contribution is -2.75. The van der Waals surface area contributed by atoms with Crippen molar-refractivity contribution >= 4 is 5.91 Å². The molecule has 0 radical (unpaired) electrons. The van der Waals surface area contributed by atoms with Gasteiger partial charge in [0.05, 0.1) is 6.10 Å². The van der Waals surface area contributed by atoms with Crippen LogP contribution in [0.15, 0.2) is 28.8 Å². The summed E-state index contributed by atoms with van der Waals surface area (Å²) in [6.45, 7) is 8.08. The van der Waals surface area contributed by atoms with Crippen LogP contribution in [0.25, 0.3) is 11.4 Å². The Hall–Kier alpha value is -2.32. The predicted octanol–water partition coefficient (Wildman–Crippen LogP) is 2.59. The van der Waals surface area contributed by atoms with Crippen molar-refractivity contribution in [1.29, 1.82) is 0 Å². The van der Waals surface area contributed by atoms with Crippen LogP contribution >= 0.6 is 0 Å². The molecule has 7 nitrogen and oxygen atoms in total. The van der Waals surface area contributed by atoms with Gasteiger partial charge >= 0.3 is 0 Å². The molecule has 1 aromatic heterocycles. The Kier molecular flexibility index (Phi) is 5.05. The van der Waals surface area contributed by atoms with Gasteiger partial charge in [-0.05, 0) is 26.0 Å². The highest BCUT2D eigenvalue weighted by Crippen LogP contribution is 2.50. The second-order valence-corrected chi connectivity index (χ2v) is 7.50. The lowest BCUT2D eigenvalue weighted by Gasteiger charge is -2.57. The number of nitrogens with one attached hydrogen (secondary N) is 1. The van der Waals surface area contributed by atoms with Crippen molar-refractivity contribution in [1.82, 2.24) is 15.5 Å². The van der Waals surface area contributed by atoms with E-state index in [2.05, 4.69) is 15.5 Å². The monoisotopic (exact) mass is 376 g/mol. The topological polar surface area (TPSA) is 103 Å². The average molecular weight is 376 g/mol. The van der Waals surface area contributed by atoms with E-state index in [1.54, 1.807) is 19.1 Å². The first kappa shape index (κ1) is 19.4. The van der Waals surface area contributed by atoms with Crippen LogP contribution in [-0.2, 0) is 9.53 Å². The van der Waals surface area contributed by atoms with Gasteiger partial charge in [0, 0.05) is 24.0 Å². The molecule has 1 saturated carbocycles. The summed E-state index contributed by atoms with van der Waals surface area (Å²) in [6, 6.07) is 5.37. The molecule has 1 aliphatic rings. The smallest absolute Gasteiger partial charge is 0.249 e. The van der Waals surface area contributed by atoms with Gasteiger partial charge in [-0.25, -0.2) is 4.39 Å². The van der Waals surface area contributed by atoms with E-state index < -0.39 is 17.0 Å². The molecule has 8 heteroatoms. The van der Waals surface area contributed by atoms with Crippen LogP contribution in [0.2, 0.25) is 0 Å². The summed E-state index contributed by atoms with van der Waals surface area (Å²) in [5.41, 5.74) is 5.36. The normalized spacial score (nSPS) is 24.9. The molecule has 0 spiro atoms. The largest absolute Gasteiger partial charge is 0.378 e. The molecule has 146 valence electrons. The molecule has 3 N–H and O–H groups in total. The molecule has 3 atom stereocenters. The van der Waals surface area contributed by atoms with E-state index in [0.717, 1.165) is 0 Å². The number of amides is 1. The van der Waals surface area contributed by atoms with Crippen LogP contribution in [0.5, 0.6) is 0 Å². The molecule has 27 heavy (non-hydrogen) atoms. The van der Waals surface area contributed by atoms with E-state index in [4.69, 9.17) is 15.0 Å². The third kappa shape index (κ3) is 3.35. The van der Waals surface area contributed by atoms with Crippen molar-refractivity contribution in [3.05, 3.63) is 36.0 Å². The van der Waals surface area contributed by atoms with Gasteiger partial charge in [0.25, 0.3) is 0 Å². The summed E-state index contributed by atoms with van der Waals surface area (Å²) in [4.78, 5) is 17.0. The molecular weight excluding hydrogens is 351 g/mol. The van der Waals surface area contributed by atoms with E-state index in [1.165, 1.54) is 12.1 Å². The molecule has 0 saturated heterocycles. The van der Waals surface area contributed by atoms with Gasteiger partial charge in [-0.2, -0.15) is 4.98 Å². The fourth-order valence-electron chi connectivity index (χ4n) is 3.36. The maximum absolute atomic E-state index is 13.4. The minimum atomic E-state index is -1.04. The van der Waals surface area contributed by atoms with Crippen molar-refractivity contribution in [2.75, 3.05) is 6.61 Å². The molecule has 3 unspecified atom stereocenters. The molecule has 1 fully saturated rings. The van der Waals surface area contributed by atoms with Crippen LogP contribution in [0.4, 0.5) is 4.39 Å². The Morgan fingerprint density at radius 3 is 2.89 bits per heavy atom. The molecule has 2 aromatic rings. The summed E-state index contributed by atoms with van der Waals surface area (Å²) in [6.07, 6.45) is 0.390. The van der Waals surface area contributed by atoms with Crippen LogP contribution in [0.1, 0.15) is 46.0 Å². The molecule has 1 aliphatic carbocycles. The zero-order valence-electron chi connectivity index (χ0n) is 16.0. The van der Waals surface area contributed by atoms with Crippen LogP contribution in [0.3, 0.4) is 0 Å². The Balaban J connectivity index is 1.69. The first-order chi connectivity index (χ1) is 12.7. The first-order valence-corrected chi connectivity index (χ1v) is 9.00. The van der Waals surface area contributed by atoms with Crippen molar-refractivity contribution < 1.29 is 18.4 Å². The number of benzene rings is 1. The standard InChI is InChI=1S/C19H25FN4O3/c1-5-26-14-10-19(21,18(14,3)4)17(25)22-11(2)16-23-15(24-27-16)12-7-6-8-13(20)9-12/h6-9,11,14H,5,10,21H2,1-4H3,(H,22,25). The summed E-state index contributed by atoms with van der Waals surface area (Å²) >= 11 is 0. The number of nitrogens with zero attached hydrogens (tertiary/aromatic N) is 2. The van der Waals surface area contributed by atoms with Gasteiger partial charge in [0.1, 0.15) is 17.4 Å². The molecule has 1 amide bonds. The Labute approximate surface area is 157 Å². The highest BCUT2D eigenvalue weighted by molar-refractivity contribution is 5.89. The number of nitrogens with two attached hydrogens (primary N) is 1. The Morgan fingerprint density at radius 2 is 2.26 bits per heavy atom. The van der Waals surface area contributed by atoms with E-state index in [1.807, 2.05) is 20.8 Å². The van der Waals surface area contributed by atoms with Crippen molar-refractivity contribution in [3.8, 4) is 11.4 Å². The van der Waals surface area contributed by atoms with Gasteiger partial charge in [-0.15, -0.1) is 0 Å². The summed E-state index contributed by atoms with van der Waals surface area (Å²) in [7, 11) is 0. The van der Waals surface area contributed by atoms with Gasteiger partial charge in [0.2, 0.25) is 17.6 Å². The lowest BCUT2D eigenvalue weighted by molar-refractivity contribution is -0.171. The number of rotatable bonds is 6. The quantitative estimate of drug-likeness (QED) is 0.803. The van der Waals surface area contributed by atoms with Gasteiger partial charge < -0.3 is 20.3 Å². The fourth-order valence-corrected chi connectivity index (χ4v) is 3.36. The highest BCUT2D eigenvalue weighted by Gasteiger charge is 2.63. The number of halogens is 1. The second-order valence-electron chi connectivity index (χ2n) is 7.50. The van der Waals surface area contributed by atoms with Crippen molar-refractivity contribution in [2.24, 2.45) is 11.1 Å². The van der Waals surface area contributed by atoms with Crippen LogP contribution in [-0.4, -0.2) is 34.3 Å². The molecule has 3 rings (SSSR count). The van der Waals surface area contributed by atoms with E-state index in [9.17, 15) is 9.18 Å². The number of carbonyl (C=O) groups is 1. The number of hydrogen-bond donors (Lipinski definition) is 2. The maximum atomic E-state index is 13.4. The SMILES string of the molecule is CCOC1CC(N)(C(=O)NC(C)c2nc(-c3cccc(F)c3)no2)C1(C)C. The van der Waals surface area contributed by atoms with E-state index in [-0.39, 0.29) is 29.5 Å². The molecule has 0 bridgehead atoms. The number of aromatic nitrogens is 2. The second kappa shape index (κ2) is 7.01. The minimum Gasteiger partial charge on any atom is -0.378 e. The molecule has 0 aliphatic heterocycles. The summed E-state index contributed by atoms with van der Waals surface area (Å²) < 4.78 is 24.3. The highest BCUT2D eigenvalue weighted by atomic mass is 19.1. The van der Waals surface area contributed by atoms with Crippen LogP contribution in [0, 0.1) is 11.2 Å². The average Bonchev–Trinajstić information content (AvgIpc) is 3.11. The number of ether oxygens (including phenoxy) is 1. The zero-order valence-corrected chi connectivity index (χ0v) is 16.0. The predicted molar refractivity (Wildman–Crippen MR) is 97.0 cm³/mol. The van der Waals surface area contributed by atoms with Gasteiger partial charge in [0.15, 0.2) is 0 Å². The minimum absolute atomic E-state index is 0.0588. The van der Waals surface area contributed by atoms with Gasteiger partial charge in [-0.1, -0.05) is 31.1 Å². The lowest BCUT2D eigenvalue weighted by atomic mass is 9.54. The Bertz CT molecular complexity index is 838. The molecule has 1 aromatic carbocycles. The summed E-state index contributed by atoms with van der Waals surface area (Å²) in [5, 5.41) is 6.71. The van der Waals surface area contributed by atoms with Crippen molar-refractivity contribution in [2.45, 2.75) is 51.8 Å². The summed E-state index contributed by atoms with van der Waals surface area (Å²) in [5.74, 6) is -0.194. The fraction of sp³-hybridized carbons (Fsp3) is 0.526. The van der Waals surface area contributed by atoms with Crippen LogP contribution < -0.4 is 11.1 Å². The molecule has 1 heterocycles. The number of hydrogen-bond acceptors (Lipinski definition) is 6. The van der Waals surface area contributed by atoms with E-state index in [0.29, 0.717) is 18.6 Å². The van der Waals surface area contributed by atoms with Crippen molar-refractivity contribution in [3.63, 3.8) is 0 Å². The molecular formula is C19H25FN4O3. The number of carbonyl (C=O) groups excluding carboxylic acids is 1.